The van der Waals surface area contributed by atoms with Crippen molar-refractivity contribution in [3.63, 3.8) is 0 Å². The molecule has 0 bridgehead atoms. The molecular weight excluding hydrogens is 298 g/mol. The summed E-state index contributed by atoms with van der Waals surface area (Å²) in [6, 6.07) is 16.8. The van der Waals surface area contributed by atoms with Crippen molar-refractivity contribution in [3.8, 4) is 11.8 Å². The van der Waals surface area contributed by atoms with Crippen molar-refractivity contribution in [2.45, 2.75) is 12.8 Å². The van der Waals surface area contributed by atoms with E-state index < -0.39 is 0 Å². The predicted molar refractivity (Wildman–Crippen MR) is 93.8 cm³/mol. The maximum Gasteiger partial charge on any atom is 0.253 e. The second kappa shape index (κ2) is 7.61. The van der Waals surface area contributed by atoms with Crippen LogP contribution in [0.1, 0.15) is 39.1 Å². The predicted octanol–water partition coefficient (Wildman–Crippen LogP) is 3.40. The Morgan fingerprint density at radius 1 is 1.00 bits per heavy atom. The van der Waals surface area contributed by atoms with Crippen LogP contribution in [0.4, 0.5) is 0 Å². The Balaban J connectivity index is 1.57. The Morgan fingerprint density at radius 2 is 1.67 bits per heavy atom. The molecule has 0 atom stereocenters. The van der Waals surface area contributed by atoms with Crippen molar-refractivity contribution in [2.75, 3.05) is 13.1 Å². The zero-order valence-electron chi connectivity index (χ0n) is 13.4. The second-order valence-electron chi connectivity index (χ2n) is 5.94. The van der Waals surface area contributed by atoms with Gasteiger partial charge in [-0.2, -0.15) is 0 Å². The van der Waals surface area contributed by atoms with Crippen molar-refractivity contribution in [1.29, 1.82) is 0 Å². The van der Waals surface area contributed by atoms with Crippen LogP contribution >= 0.6 is 0 Å². The van der Waals surface area contributed by atoms with Crippen LogP contribution in [0.2, 0.25) is 0 Å². The highest BCUT2D eigenvalue weighted by Crippen LogP contribution is 2.19. The van der Waals surface area contributed by atoms with E-state index in [2.05, 4.69) is 11.8 Å². The quantitative estimate of drug-likeness (QED) is 0.629. The minimum absolute atomic E-state index is 0.0296. The van der Waals surface area contributed by atoms with Crippen LogP contribution in [-0.4, -0.2) is 30.2 Å². The number of aldehydes is 1. The first-order valence-corrected chi connectivity index (χ1v) is 8.17. The van der Waals surface area contributed by atoms with E-state index in [1.807, 2.05) is 35.2 Å². The molecule has 1 fully saturated rings. The highest BCUT2D eigenvalue weighted by atomic mass is 16.2. The summed E-state index contributed by atoms with van der Waals surface area (Å²) in [7, 11) is 0. The van der Waals surface area contributed by atoms with Crippen LogP contribution in [0.5, 0.6) is 0 Å². The fourth-order valence-corrected chi connectivity index (χ4v) is 2.82. The smallest absolute Gasteiger partial charge is 0.253 e. The molecule has 120 valence electrons. The molecule has 0 saturated carbocycles. The largest absolute Gasteiger partial charge is 0.339 e. The molecule has 3 rings (SSSR count). The van der Waals surface area contributed by atoms with Crippen molar-refractivity contribution in [2.24, 2.45) is 5.92 Å². The number of benzene rings is 2. The van der Waals surface area contributed by atoms with E-state index in [0.717, 1.165) is 37.8 Å². The van der Waals surface area contributed by atoms with Gasteiger partial charge in [0, 0.05) is 35.7 Å². The SMILES string of the molecule is O=Cc1ccc(C(=O)N2CCC(C#Cc3ccccc3)CC2)cc1. The summed E-state index contributed by atoms with van der Waals surface area (Å²) in [6.45, 7) is 1.45. The van der Waals surface area contributed by atoms with Crippen LogP contribution in [0, 0.1) is 17.8 Å². The number of rotatable bonds is 2. The Labute approximate surface area is 142 Å². The molecule has 1 aliphatic heterocycles. The maximum atomic E-state index is 12.5. The lowest BCUT2D eigenvalue weighted by atomic mass is 9.96. The van der Waals surface area contributed by atoms with E-state index in [1.54, 1.807) is 24.3 Å². The molecule has 0 unspecified atom stereocenters. The van der Waals surface area contributed by atoms with Crippen LogP contribution in [0.3, 0.4) is 0 Å². The van der Waals surface area contributed by atoms with E-state index in [1.165, 1.54) is 0 Å². The van der Waals surface area contributed by atoms with Crippen molar-refractivity contribution in [3.05, 3.63) is 71.3 Å². The van der Waals surface area contributed by atoms with Crippen molar-refractivity contribution >= 4 is 12.2 Å². The van der Waals surface area contributed by atoms with Gasteiger partial charge in [-0.15, -0.1) is 0 Å². The van der Waals surface area contributed by atoms with Crippen LogP contribution in [0.15, 0.2) is 54.6 Å². The third-order valence-electron chi connectivity index (χ3n) is 4.27. The molecule has 2 aromatic carbocycles. The monoisotopic (exact) mass is 317 g/mol. The van der Waals surface area contributed by atoms with Gasteiger partial charge < -0.3 is 4.90 Å². The molecule has 3 heteroatoms. The fourth-order valence-electron chi connectivity index (χ4n) is 2.82. The molecule has 1 aliphatic rings. The summed E-state index contributed by atoms with van der Waals surface area (Å²) in [6.07, 6.45) is 2.58. The Morgan fingerprint density at radius 3 is 2.29 bits per heavy atom. The van der Waals surface area contributed by atoms with Crippen LogP contribution < -0.4 is 0 Å². The number of hydrogen-bond acceptors (Lipinski definition) is 2. The van der Waals surface area contributed by atoms with Gasteiger partial charge >= 0.3 is 0 Å². The van der Waals surface area contributed by atoms with Crippen LogP contribution in [0.25, 0.3) is 0 Å². The van der Waals surface area contributed by atoms with Gasteiger partial charge in [-0.05, 0) is 37.1 Å². The van der Waals surface area contributed by atoms with Gasteiger partial charge in [0.25, 0.3) is 5.91 Å². The van der Waals surface area contributed by atoms with Gasteiger partial charge in [0.05, 0.1) is 0 Å². The molecule has 0 aliphatic carbocycles. The summed E-state index contributed by atoms with van der Waals surface area (Å²) in [4.78, 5) is 25.0. The van der Waals surface area contributed by atoms with E-state index in [-0.39, 0.29) is 5.91 Å². The average Bonchev–Trinajstić information content (AvgIpc) is 2.67. The lowest BCUT2D eigenvalue weighted by Crippen LogP contribution is -2.38. The molecule has 24 heavy (non-hydrogen) atoms. The number of carbonyl (C=O) groups excluding carboxylic acids is 2. The third-order valence-corrected chi connectivity index (χ3v) is 4.27. The third kappa shape index (κ3) is 3.91. The highest BCUT2D eigenvalue weighted by Gasteiger charge is 2.22. The standard InChI is InChI=1S/C21H19NO2/c23-16-19-8-10-20(11-9-19)21(24)22-14-12-18(13-15-22)7-6-17-4-2-1-3-5-17/h1-5,8-11,16,18H,12-15H2. The van der Waals surface area contributed by atoms with E-state index in [4.69, 9.17) is 0 Å². The lowest BCUT2D eigenvalue weighted by molar-refractivity contribution is 0.0707. The summed E-state index contributed by atoms with van der Waals surface area (Å²) in [5, 5.41) is 0. The first kappa shape index (κ1) is 16.0. The van der Waals surface area contributed by atoms with Crippen molar-refractivity contribution in [1.82, 2.24) is 4.90 Å². The first-order chi connectivity index (χ1) is 11.8. The van der Waals surface area contributed by atoms with E-state index in [0.29, 0.717) is 17.0 Å². The van der Waals surface area contributed by atoms with Gasteiger partial charge in [-0.1, -0.05) is 42.2 Å². The topological polar surface area (TPSA) is 37.4 Å². The number of carbonyl (C=O) groups is 2. The van der Waals surface area contributed by atoms with Gasteiger partial charge in [0.15, 0.2) is 0 Å². The van der Waals surface area contributed by atoms with Crippen LogP contribution in [-0.2, 0) is 0 Å². The summed E-state index contributed by atoms with van der Waals surface area (Å²) >= 11 is 0. The Kier molecular flexibility index (Phi) is 5.08. The van der Waals surface area contributed by atoms with Crippen molar-refractivity contribution < 1.29 is 9.59 Å². The molecular formula is C21H19NO2. The van der Waals surface area contributed by atoms with Gasteiger partial charge in [-0.25, -0.2) is 0 Å². The number of nitrogens with zero attached hydrogens (tertiary/aromatic N) is 1. The summed E-state index contributed by atoms with van der Waals surface area (Å²) in [5.74, 6) is 6.91. The number of hydrogen-bond donors (Lipinski definition) is 0. The summed E-state index contributed by atoms with van der Waals surface area (Å²) in [5.41, 5.74) is 2.25. The zero-order valence-corrected chi connectivity index (χ0v) is 13.4. The maximum absolute atomic E-state index is 12.5. The second-order valence-corrected chi connectivity index (χ2v) is 5.94. The number of piperidine rings is 1. The number of likely N-dealkylation sites (tertiary alicyclic amines) is 1. The number of amides is 1. The van der Waals surface area contributed by atoms with E-state index in [9.17, 15) is 9.59 Å². The molecule has 0 N–H and O–H groups in total. The molecule has 2 aromatic rings. The zero-order chi connectivity index (χ0) is 16.8. The molecule has 1 heterocycles. The lowest BCUT2D eigenvalue weighted by Gasteiger charge is -2.30. The minimum Gasteiger partial charge on any atom is -0.339 e. The minimum atomic E-state index is 0.0296. The summed E-state index contributed by atoms with van der Waals surface area (Å²) < 4.78 is 0. The molecule has 0 radical (unpaired) electrons. The Hall–Kier alpha value is -2.86. The van der Waals surface area contributed by atoms with Gasteiger partial charge in [-0.3, -0.25) is 9.59 Å². The molecule has 3 nitrogen and oxygen atoms in total. The highest BCUT2D eigenvalue weighted by molar-refractivity contribution is 5.94. The van der Waals surface area contributed by atoms with Gasteiger partial charge in [0.2, 0.25) is 0 Å². The average molecular weight is 317 g/mol. The normalized spacial score (nSPS) is 14.6. The molecule has 1 amide bonds. The first-order valence-electron chi connectivity index (χ1n) is 8.17. The molecule has 0 aromatic heterocycles. The van der Waals surface area contributed by atoms with Gasteiger partial charge in [0.1, 0.15) is 6.29 Å². The molecule has 1 saturated heterocycles. The Bertz CT molecular complexity index is 761. The van der Waals surface area contributed by atoms with E-state index >= 15 is 0 Å². The fraction of sp³-hybridized carbons (Fsp3) is 0.238. The molecule has 0 spiro atoms.